The van der Waals surface area contributed by atoms with E-state index < -0.39 is 0 Å². The van der Waals surface area contributed by atoms with Crippen LogP contribution in [-0.4, -0.2) is 67.2 Å². The van der Waals surface area contributed by atoms with E-state index in [-0.39, 0.29) is 11.4 Å². The Morgan fingerprint density at radius 2 is 1.97 bits per heavy atom. The smallest absolute Gasteiger partial charge is 0.222 e. The summed E-state index contributed by atoms with van der Waals surface area (Å²) in [6.45, 7) is 11.4. The van der Waals surface area contributed by atoms with E-state index >= 15 is 0 Å². The van der Waals surface area contributed by atoms with E-state index in [0.29, 0.717) is 25.4 Å². The third-order valence-electron chi connectivity index (χ3n) is 7.32. The van der Waals surface area contributed by atoms with Crippen LogP contribution in [0.25, 0.3) is 0 Å². The molecule has 1 aliphatic carbocycles. The third kappa shape index (κ3) is 4.00. The van der Waals surface area contributed by atoms with E-state index in [4.69, 9.17) is 4.52 Å². The molecule has 2 aromatic heterocycles. The van der Waals surface area contributed by atoms with Crippen LogP contribution in [0.4, 0.5) is 0 Å². The molecule has 0 aromatic carbocycles. The highest BCUT2D eigenvalue weighted by atomic mass is 16.5. The average molecular weight is 430 g/mol. The van der Waals surface area contributed by atoms with E-state index in [9.17, 15) is 4.79 Å². The molecule has 1 amide bonds. The molecule has 170 valence electrons. The predicted octanol–water partition coefficient (Wildman–Crippen LogP) is 2.80. The first-order valence-corrected chi connectivity index (χ1v) is 11.7. The van der Waals surface area contributed by atoms with Crippen molar-refractivity contribution in [1.29, 1.82) is 0 Å². The molecule has 2 fully saturated rings. The maximum Gasteiger partial charge on any atom is 0.222 e. The van der Waals surface area contributed by atoms with Gasteiger partial charge in [-0.1, -0.05) is 31.8 Å². The molecule has 3 heterocycles. The van der Waals surface area contributed by atoms with Crippen LogP contribution >= 0.6 is 0 Å². The largest absolute Gasteiger partial charge is 0.361 e. The van der Waals surface area contributed by atoms with Crippen molar-refractivity contribution in [3.05, 3.63) is 22.8 Å². The molecule has 1 saturated carbocycles. The van der Waals surface area contributed by atoms with Gasteiger partial charge in [-0.3, -0.25) is 9.69 Å². The van der Waals surface area contributed by atoms with Crippen molar-refractivity contribution in [2.24, 2.45) is 0 Å². The number of tetrazole rings is 1. The quantitative estimate of drug-likeness (QED) is 0.637. The molecule has 9 nitrogen and oxygen atoms in total. The van der Waals surface area contributed by atoms with Crippen molar-refractivity contribution in [1.82, 2.24) is 35.2 Å². The molecule has 4 rings (SSSR count). The number of carbonyl (C=O) groups excluding carboxylic acids is 1. The Hall–Kier alpha value is -2.29. The van der Waals surface area contributed by atoms with Crippen molar-refractivity contribution in [3.63, 3.8) is 0 Å². The van der Waals surface area contributed by atoms with Gasteiger partial charge in [0.25, 0.3) is 0 Å². The molecule has 0 spiro atoms. The van der Waals surface area contributed by atoms with Crippen molar-refractivity contribution in [2.75, 3.05) is 26.2 Å². The fourth-order valence-corrected chi connectivity index (χ4v) is 5.56. The number of rotatable bonds is 8. The highest BCUT2D eigenvalue weighted by Gasteiger charge is 2.49. The Labute approximate surface area is 184 Å². The number of nitrogens with zero attached hydrogens (tertiary/aromatic N) is 7. The normalized spacial score (nSPS) is 22.2. The molecule has 1 aliphatic heterocycles. The van der Waals surface area contributed by atoms with Gasteiger partial charge in [0.2, 0.25) is 5.91 Å². The minimum atomic E-state index is -0.325. The number of aromatic nitrogens is 5. The molecule has 0 radical (unpaired) electrons. The van der Waals surface area contributed by atoms with Crippen LogP contribution in [0.3, 0.4) is 0 Å². The number of hydrogen-bond donors (Lipinski definition) is 0. The molecule has 9 heteroatoms. The van der Waals surface area contributed by atoms with Crippen LogP contribution in [0.15, 0.2) is 4.52 Å². The summed E-state index contributed by atoms with van der Waals surface area (Å²) in [4.78, 5) is 17.6. The van der Waals surface area contributed by atoms with E-state index in [1.165, 1.54) is 12.8 Å². The topological polar surface area (TPSA) is 93.2 Å². The minimum absolute atomic E-state index is 0.175. The second-order valence-corrected chi connectivity index (χ2v) is 8.96. The van der Waals surface area contributed by atoms with E-state index in [2.05, 4.69) is 44.1 Å². The van der Waals surface area contributed by atoms with Crippen molar-refractivity contribution < 1.29 is 9.32 Å². The predicted molar refractivity (Wildman–Crippen MR) is 115 cm³/mol. The third-order valence-corrected chi connectivity index (χ3v) is 7.32. The van der Waals surface area contributed by atoms with Gasteiger partial charge >= 0.3 is 0 Å². The Morgan fingerprint density at radius 1 is 1.23 bits per heavy atom. The molecule has 0 bridgehead atoms. The summed E-state index contributed by atoms with van der Waals surface area (Å²) in [5, 5.41) is 17.0. The van der Waals surface area contributed by atoms with Crippen molar-refractivity contribution >= 4 is 5.91 Å². The summed E-state index contributed by atoms with van der Waals surface area (Å²) < 4.78 is 7.32. The summed E-state index contributed by atoms with van der Waals surface area (Å²) >= 11 is 0. The first-order chi connectivity index (χ1) is 15.0. The summed E-state index contributed by atoms with van der Waals surface area (Å²) in [5.41, 5.74) is 1.60. The van der Waals surface area contributed by atoms with Gasteiger partial charge in [0, 0.05) is 25.1 Å². The Morgan fingerprint density at radius 3 is 2.61 bits per heavy atom. The molecule has 1 saturated heterocycles. The standard InChI is InChI=1S/C22H35N7O2/c1-5-28(6-2)22(21-23-25-26-29(21)18-9-7-8-10-18)13-14-27(15-22)20(30)12-11-19-16(3)24-31-17(19)4/h18H,5-15H2,1-4H3. The van der Waals surface area contributed by atoms with Crippen molar-refractivity contribution in [2.45, 2.75) is 84.2 Å². The number of carbonyl (C=O) groups is 1. The number of likely N-dealkylation sites (tertiary alicyclic amines) is 1. The van der Waals surface area contributed by atoms with Gasteiger partial charge in [-0.25, -0.2) is 4.68 Å². The van der Waals surface area contributed by atoms with Gasteiger partial charge in [0.15, 0.2) is 5.82 Å². The minimum Gasteiger partial charge on any atom is -0.361 e. The highest BCUT2D eigenvalue weighted by Crippen LogP contribution is 2.40. The molecule has 2 aliphatic rings. The van der Waals surface area contributed by atoms with Crippen LogP contribution in [0.5, 0.6) is 0 Å². The number of amides is 1. The molecule has 0 N–H and O–H groups in total. The average Bonchev–Trinajstić information content (AvgIpc) is 3.55. The molecule has 31 heavy (non-hydrogen) atoms. The zero-order valence-corrected chi connectivity index (χ0v) is 19.3. The molecule has 1 atom stereocenters. The Balaban J connectivity index is 1.55. The van der Waals surface area contributed by atoms with Gasteiger partial charge < -0.3 is 9.42 Å². The Kier molecular flexibility index (Phi) is 6.41. The lowest BCUT2D eigenvalue weighted by atomic mass is 9.94. The fraction of sp³-hybridized carbons (Fsp3) is 0.773. The second-order valence-electron chi connectivity index (χ2n) is 8.96. The summed E-state index contributed by atoms with van der Waals surface area (Å²) in [5.74, 6) is 1.91. The number of likely N-dealkylation sites (N-methyl/N-ethyl adjacent to an activating group) is 1. The molecule has 2 aromatic rings. The maximum absolute atomic E-state index is 13.2. The van der Waals surface area contributed by atoms with Crippen LogP contribution in [0.2, 0.25) is 0 Å². The van der Waals surface area contributed by atoms with Crippen LogP contribution in [0, 0.1) is 13.8 Å². The fourth-order valence-electron chi connectivity index (χ4n) is 5.56. The lowest BCUT2D eigenvalue weighted by molar-refractivity contribution is -0.130. The number of hydrogen-bond acceptors (Lipinski definition) is 7. The molecular formula is C22H35N7O2. The van der Waals surface area contributed by atoms with Crippen molar-refractivity contribution in [3.8, 4) is 0 Å². The number of aryl methyl sites for hydroxylation is 2. The van der Waals surface area contributed by atoms with Gasteiger partial charge in [0.05, 0.1) is 11.7 Å². The SMILES string of the molecule is CCN(CC)C1(c2nnnn2C2CCCC2)CCN(C(=O)CCc2c(C)noc2C)C1. The van der Waals surface area contributed by atoms with Gasteiger partial charge in [-0.2, -0.15) is 0 Å². The maximum atomic E-state index is 13.2. The zero-order chi connectivity index (χ0) is 22.0. The van der Waals surface area contributed by atoms with Gasteiger partial charge in [-0.15, -0.1) is 5.10 Å². The van der Waals surface area contributed by atoms with E-state index in [1.54, 1.807) is 0 Å². The highest BCUT2D eigenvalue weighted by molar-refractivity contribution is 5.77. The first kappa shape index (κ1) is 21.9. The molecule has 1 unspecified atom stereocenters. The van der Waals surface area contributed by atoms with Gasteiger partial charge in [0.1, 0.15) is 11.3 Å². The monoisotopic (exact) mass is 429 g/mol. The second kappa shape index (κ2) is 9.06. The summed E-state index contributed by atoms with van der Waals surface area (Å²) in [6.07, 6.45) is 6.71. The lowest BCUT2D eigenvalue weighted by Gasteiger charge is -2.39. The Bertz CT molecular complexity index is 878. The van der Waals surface area contributed by atoms with Crippen LogP contribution < -0.4 is 0 Å². The van der Waals surface area contributed by atoms with E-state index in [1.807, 2.05) is 18.7 Å². The molecular weight excluding hydrogens is 394 g/mol. The zero-order valence-electron chi connectivity index (χ0n) is 19.3. The first-order valence-electron chi connectivity index (χ1n) is 11.7. The van der Waals surface area contributed by atoms with Crippen LogP contribution in [0.1, 0.15) is 81.3 Å². The lowest BCUT2D eigenvalue weighted by Crippen LogP contribution is -2.50. The van der Waals surface area contributed by atoms with Gasteiger partial charge in [-0.05, 0) is 63.0 Å². The van der Waals surface area contributed by atoms with E-state index in [0.717, 1.165) is 61.7 Å². The summed E-state index contributed by atoms with van der Waals surface area (Å²) in [7, 11) is 0. The van der Waals surface area contributed by atoms with Crippen LogP contribution in [-0.2, 0) is 16.8 Å². The summed E-state index contributed by atoms with van der Waals surface area (Å²) in [6, 6.07) is 0.377.